The van der Waals surface area contributed by atoms with Gasteiger partial charge in [0.2, 0.25) is 6.29 Å². The molecule has 3 unspecified atom stereocenters. The molecule has 3 heterocycles. The van der Waals surface area contributed by atoms with E-state index < -0.39 is 139 Å². The van der Waals surface area contributed by atoms with Crippen molar-refractivity contribution < 1.29 is 89.4 Å². The Balaban J connectivity index is 1.05. The van der Waals surface area contributed by atoms with Crippen LogP contribution in [-0.2, 0) is 33.2 Å². The number of ether oxygens (including phenoxy) is 6. The van der Waals surface area contributed by atoms with E-state index in [-0.39, 0.29) is 35.2 Å². The maximum atomic E-state index is 14.7. The zero-order chi connectivity index (χ0) is 47.6. The van der Waals surface area contributed by atoms with Crippen molar-refractivity contribution in [3.8, 4) is 0 Å². The predicted octanol–water partition coefficient (Wildman–Crippen LogP) is -0.250. The molecule has 65 heavy (non-hydrogen) atoms. The van der Waals surface area contributed by atoms with Gasteiger partial charge in [-0.05, 0) is 104 Å². The molecular weight excluding hydrogens is 852 g/mol. The summed E-state index contributed by atoms with van der Waals surface area (Å²) in [6, 6.07) is 0. The molecule has 24 atom stereocenters. The molecule has 8 rings (SSSR count). The van der Waals surface area contributed by atoms with E-state index in [4.69, 9.17) is 28.4 Å². The van der Waals surface area contributed by atoms with Crippen molar-refractivity contribution in [1.82, 2.24) is 0 Å². The fourth-order valence-corrected chi connectivity index (χ4v) is 15.0. The second kappa shape index (κ2) is 17.5. The average Bonchev–Trinajstić information content (AvgIpc) is 3.25. The van der Waals surface area contributed by atoms with Gasteiger partial charge < -0.3 is 84.6 Å². The first-order valence-electron chi connectivity index (χ1n) is 23.9. The van der Waals surface area contributed by atoms with Crippen LogP contribution in [0.5, 0.6) is 0 Å². The fourth-order valence-electron chi connectivity index (χ4n) is 15.0. The number of carbonyl (C=O) groups excluding carboxylic acids is 1. The Labute approximate surface area is 380 Å². The lowest BCUT2D eigenvalue weighted by molar-refractivity contribution is -0.367. The SMILES string of the molecule is CC1CC[C@]2(C(=O)O[C@@H]3O[C@H](CO)[C@@H](O)[C@H](O)[C@H]3O)CC[C@]3(C)C(=CCC4[C@@]5(C)CC[C@H](O[C@@H]6OC[C@H](O)[C@H](O)[C@H]6O[C@@H]6O[C@H](CO)[C@@H](O)[C@H](O)[C@H]6O)C(C)(C)C5CC[C@]43C)[C@@H]2[C@]1(C)O. The van der Waals surface area contributed by atoms with Crippen LogP contribution in [0, 0.1) is 50.7 Å². The van der Waals surface area contributed by atoms with Crippen molar-refractivity contribution in [1.29, 1.82) is 0 Å². The Morgan fingerprint density at radius 1 is 0.692 bits per heavy atom. The summed E-state index contributed by atoms with van der Waals surface area (Å²) in [5.74, 6) is -1.06. The highest BCUT2D eigenvalue weighted by Gasteiger charge is 2.72. The topological polar surface area (TPSA) is 295 Å². The number of hydrogen-bond acceptors (Lipinski definition) is 18. The molecule has 8 aliphatic rings. The summed E-state index contributed by atoms with van der Waals surface area (Å²) < 4.78 is 35.9. The second-order valence-corrected chi connectivity index (χ2v) is 22.7. The Bertz CT molecular complexity index is 1770. The van der Waals surface area contributed by atoms with Crippen LogP contribution in [0.2, 0.25) is 0 Å². The molecule has 0 aromatic heterocycles. The van der Waals surface area contributed by atoms with Gasteiger partial charge >= 0.3 is 5.97 Å². The molecule has 0 radical (unpaired) electrons. The zero-order valence-electron chi connectivity index (χ0n) is 38.8. The van der Waals surface area contributed by atoms with Gasteiger partial charge in [-0.2, -0.15) is 0 Å². The molecule has 372 valence electrons. The number of rotatable bonds is 8. The molecule has 3 aliphatic heterocycles. The first-order valence-corrected chi connectivity index (χ1v) is 23.9. The number of aliphatic hydroxyl groups is 11. The summed E-state index contributed by atoms with van der Waals surface area (Å²) in [4.78, 5) is 14.7. The van der Waals surface area contributed by atoms with Crippen LogP contribution in [0.4, 0.5) is 0 Å². The number of fused-ring (bicyclic) bond motifs is 7. The number of hydrogen-bond donors (Lipinski definition) is 11. The fraction of sp³-hybridized carbons (Fsp3) is 0.936. The molecule has 0 aromatic rings. The van der Waals surface area contributed by atoms with Gasteiger partial charge in [-0.15, -0.1) is 0 Å². The zero-order valence-corrected chi connectivity index (χ0v) is 38.8. The third kappa shape index (κ3) is 7.53. The molecule has 7 fully saturated rings. The standard InChI is InChI=1S/C47H76O18/c1-21-10-15-47(41(58)65-39-35(57)33(55)31(53)25(19-49)62-39)17-16-44(5)22(37(47)46(21,7)59)8-9-27-43(4)13-12-28(42(2,3)26(43)11-14-45(27,44)6)63-40-36(29(51)23(50)20-60-40)64-38-34(56)32(54)30(52)24(18-48)61-38/h8,21,23-40,48-57,59H,9-20H2,1-7H3/t21?,23-,24+,25+,26?,27?,28-,29-,30+,31+,32-,33-,34+,35+,36+,37+,38-,39-,40-,43-,44+,45+,46+,47-/m0/s1. The molecule has 18 heteroatoms. The summed E-state index contributed by atoms with van der Waals surface area (Å²) in [6.45, 7) is 13.7. The van der Waals surface area contributed by atoms with Gasteiger partial charge in [-0.3, -0.25) is 4.79 Å². The van der Waals surface area contributed by atoms with Crippen LogP contribution in [0.15, 0.2) is 11.6 Å². The molecule has 4 saturated carbocycles. The quantitative estimate of drug-likeness (QED) is 0.0850. The van der Waals surface area contributed by atoms with Crippen LogP contribution >= 0.6 is 0 Å². The van der Waals surface area contributed by atoms with E-state index in [0.29, 0.717) is 38.5 Å². The maximum absolute atomic E-state index is 14.7. The van der Waals surface area contributed by atoms with E-state index in [1.165, 1.54) is 0 Å². The first kappa shape index (κ1) is 50.0. The van der Waals surface area contributed by atoms with Crippen LogP contribution in [0.3, 0.4) is 0 Å². The molecule has 0 aromatic carbocycles. The van der Waals surface area contributed by atoms with Crippen molar-refractivity contribution in [2.24, 2.45) is 50.7 Å². The summed E-state index contributed by atoms with van der Waals surface area (Å²) in [6.07, 6.45) is -13.6. The Hall–Kier alpha value is -1.43. The van der Waals surface area contributed by atoms with E-state index in [2.05, 4.69) is 40.7 Å². The van der Waals surface area contributed by atoms with Crippen LogP contribution in [-0.4, -0.2) is 180 Å². The smallest absolute Gasteiger partial charge is 0.315 e. The van der Waals surface area contributed by atoms with Gasteiger partial charge in [0, 0.05) is 5.92 Å². The van der Waals surface area contributed by atoms with Gasteiger partial charge in [0.15, 0.2) is 12.6 Å². The second-order valence-electron chi connectivity index (χ2n) is 22.7. The van der Waals surface area contributed by atoms with E-state index in [9.17, 15) is 61.0 Å². The van der Waals surface area contributed by atoms with Crippen molar-refractivity contribution >= 4 is 5.97 Å². The minimum Gasteiger partial charge on any atom is -0.432 e. The van der Waals surface area contributed by atoms with Gasteiger partial charge in [0.05, 0.1) is 36.9 Å². The summed E-state index contributed by atoms with van der Waals surface area (Å²) in [5, 5.41) is 117. The summed E-state index contributed by atoms with van der Waals surface area (Å²) in [5.41, 5.74) is -2.75. The van der Waals surface area contributed by atoms with E-state index >= 15 is 0 Å². The van der Waals surface area contributed by atoms with Crippen LogP contribution in [0.25, 0.3) is 0 Å². The Kier molecular flexibility index (Phi) is 13.4. The minimum atomic E-state index is -1.75. The molecular formula is C47H76O18. The average molecular weight is 929 g/mol. The van der Waals surface area contributed by atoms with Gasteiger partial charge in [0.1, 0.15) is 67.1 Å². The molecule has 0 spiro atoms. The van der Waals surface area contributed by atoms with E-state index in [1.807, 2.05) is 13.8 Å². The Morgan fingerprint density at radius 3 is 1.94 bits per heavy atom. The summed E-state index contributed by atoms with van der Waals surface area (Å²) in [7, 11) is 0. The van der Waals surface area contributed by atoms with Gasteiger partial charge in [-0.25, -0.2) is 0 Å². The largest absolute Gasteiger partial charge is 0.432 e. The molecule has 0 amide bonds. The highest BCUT2D eigenvalue weighted by molar-refractivity contribution is 5.79. The molecule has 0 bridgehead atoms. The highest BCUT2D eigenvalue weighted by Crippen LogP contribution is 2.76. The lowest BCUT2D eigenvalue weighted by Gasteiger charge is -2.72. The van der Waals surface area contributed by atoms with E-state index in [0.717, 1.165) is 24.8 Å². The summed E-state index contributed by atoms with van der Waals surface area (Å²) >= 11 is 0. The van der Waals surface area contributed by atoms with Gasteiger partial charge in [-0.1, -0.05) is 53.2 Å². The maximum Gasteiger partial charge on any atom is 0.315 e. The molecule has 18 nitrogen and oxygen atoms in total. The number of allylic oxidation sites excluding steroid dienone is 1. The Morgan fingerprint density at radius 2 is 1.31 bits per heavy atom. The number of aliphatic hydroxyl groups excluding tert-OH is 10. The lowest BCUT2D eigenvalue weighted by Crippen LogP contribution is -2.68. The minimum absolute atomic E-state index is 0.154. The van der Waals surface area contributed by atoms with Crippen LogP contribution < -0.4 is 0 Å². The molecule has 11 N–H and O–H groups in total. The van der Waals surface area contributed by atoms with E-state index in [1.54, 1.807) is 0 Å². The number of esters is 1. The number of carbonyl (C=O) groups is 1. The first-order chi connectivity index (χ1) is 30.3. The predicted molar refractivity (Wildman–Crippen MR) is 226 cm³/mol. The van der Waals surface area contributed by atoms with Crippen molar-refractivity contribution in [2.75, 3.05) is 19.8 Å². The van der Waals surface area contributed by atoms with Crippen molar-refractivity contribution in [3.05, 3.63) is 11.6 Å². The normalized spacial score (nSPS) is 55.4. The molecule has 5 aliphatic carbocycles. The monoisotopic (exact) mass is 929 g/mol. The van der Waals surface area contributed by atoms with Crippen LogP contribution in [0.1, 0.15) is 106 Å². The van der Waals surface area contributed by atoms with Crippen molar-refractivity contribution in [2.45, 2.75) is 204 Å². The molecule has 3 saturated heterocycles. The third-order valence-corrected chi connectivity index (χ3v) is 19.3. The van der Waals surface area contributed by atoms with Gasteiger partial charge in [0.25, 0.3) is 0 Å². The highest BCUT2D eigenvalue weighted by atomic mass is 16.8. The third-order valence-electron chi connectivity index (χ3n) is 19.3. The lowest BCUT2D eigenvalue weighted by atomic mass is 9.33. The van der Waals surface area contributed by atoms with Crippen molar-refractivity contribution in [3.63, 3.8) is 0 Å².